The van der Waals surface area contributed by atoms with Crippen molar-refractivity contribution in [3.63, 3.8) is 0 Å². The molecular formula is C55H33NOS2. The van der Waals surface area contributed by atoms with Gasteiger partial charge in [0.05, 0.1) is 11.1 Å². The van der Waals surface area contributed by atoms with Crippen LogP contribution in [0.4, 0.5) is 17.1 Å². The maximum absolute atomic E-state index is 6.69. The van der Waals surface area contributed by atoms with Crippen molar-refractivity contribution in [2.75, 3.05) is 4.90 Å². The topological polar surface area (TPSA) is 12.5 Å². The number of para-hydroxylation sites is 2. The first-order chi connectivity index (χ1) is 29.3. The van der Waals surface area contributed by atoms with Crippen LogP contribution < -0.4 is 9.64 Å². The molecule has 9 aromatic carbocycles. The molecular weight excluding hydrogens is 755 g/mol. The number of ether oxygens (including phenoxy) is 1. The van der Waals surface area contributed by atoms with Gasteiger partial charge in [-0.3, -0.25) is 0 Å². The lowest BCUT2D eigenvalue weighted by atomic mass is 9.66. The lowest BCUT2D eigenvalue weighted by Gasteiger charge is -2.39. The smallest absolute Gasteiger partial charge is 0.132 e. The Bertz CT molecular complexity index is 3460. The zero-order valence-corrected chi connectivity index (χ0v) is 33.4. The molecule has 0 saturated carbocycles. The number of hydrogen-bond acceptors (Lipinski definition) is 4. The molecule has 1 aliphatic carbocycles. The van der Waals surface area contributed by atoms with Crippen LogP contribution in [0, 0.1) is 0 Å². The molecule has 0 fully saturated rings. The minimum Gasteiger partial charge on any atom is -0.457 e. The van der Waals surface area contributed by atoms with Crippen molar-refractivity contribution in [3.8, 4) is 33.8 Å². The number of hydrogen-bond donors (Lipinski definition) is 0. The van der Waals surface area contributed by atoms with Crippen LogP contribution in [-0.2, 0) is 5.41 Å². The second-order valence-corrected chi connectivity index (χ2v) is 17.7. The highest BCUT2D eigenvalue weighted by molar-refractivity contribution is 7.26. The first-order valence-electron chi connectivity index (χ1n) is 20.1. The van der Waals surface area contributed by atoms with Gasteiger partial charge in [-0.1, -0.05) is 140 Å². The Morgan fingerprint density at radius 2 is 0.983 bits per heavy atom. The van der Waals surface area contributed by atoms with Crippen LogP contribution in [0.25, 0.3) is 62.6 Å². The average molecular weight is 788 g/mol. The van der Waals surface area contributed by atoms with Gasteiger partial charge >= 0.3 is 0 Å². The number of anilines is 3. The number of rotatable bonds is 4. The number of benzene rings is 9. The van der Waals surface area contributed by atoms with E-state index in [9.17, 15) is 0 Å². The van der Waals surface area contributed by atoms with Crippen LogP contribution in [0.15, 0.2) is 200 Å². The second-order valence-electron chi connectivity index (χ2n) is 15.5. The summed E-state index contributed by atoms with van der Waals surface area (Å²) in [6, 6.07) is 73.7. The third kappa shape index (κ3) is 4.61. The number of thiophene rings is 2. The van der Waals surface area contributed by atoms with Crippen LogP contribution in [0.3, 0.4) is 0 Å². The van der Waals surface area contributed by atoms with Crippen molar-refractivity contribution >= 4 is 80.1 Å². The molecule has 1 aliphatic heterocycles. The summed E-state index contributed by atoms with van der Waals surface area (Å²) in [5.74, 6) is 1.79. The van der Waals surface area contributed by atoms with E-state index in [4.69, 9.17) is 4.74 Å². The van der Waals surface area contributed by atoms with E-state index in [1.165, 1.54) is 73.7 Å². The highest BCUT2D eigenvalue weighted by Gasteiger charge is 2.51. The van der Waals surface area contributed by atoms with Crippen molar-refractivity contribution in [1.82, 2.24) is 0 Å². The zero-order chi connectivity index (χ0) is 38.7. The predicted molar refractivity (Wildman–Crippen MR) is 250 cm³/mol. The summed E-state index contributed by atoms with van der Waals surface area (Å²) in [5.41, 5.74) is 12.6. The maximum atomic E-state index is 6.69. The van der Waals surface area contributed by atoms with Crippen molar-refractivity contribution < 1.29 is 4.74 Å². The van der Waals surface area contributed by atoms with Gasteiger partial charge in [-0.25, -0.2) is 0 Å². The normalized spacial score (nSPS) is 13.4. The fourth-order valence-electron chi connectivity index (χ4n) is 10.1. The van der Waals surface area contributed by atoms with E-state index in [0.717, 1.165) is 39.7 Å². The summed E-state index contributed by atoms with van der Waals surface area (Å²) >= 11 is 3.74. The summed E-state index contributed by atoms with van der Waals surface area (Å²) in [6.07, 6.45) is 0. The summed E-state index contributed by atoms with van der Waals surface area (Å²) in [6.45, 7) is 0. The Kier molecular flexibility index (Phi) is 7.00. The Morgan fingerprint density at radius 1 is 0.390 bits per heavy atom. The monoisotopic (exact) mass is 787 g/mol. The van der Waals surface area contributed by atoms with Gasteiger partial charge in [0.1, 0.15) is 11.5 Å². The highest BCUT2D eigenvalue weighted by Crippen LogP contribution is 2.64. The Balaban J connectivity index is 1.16. The third-order valence-corrected chi connectivity index (χ3v) is 14.9. The highest BCUT2D eigenvalue weighted by atomic mass is 32.1. The lowest BCUT2D eigenvalue weighted by molar-refractivity contribution is 0.436. The van der Waals surface area contributed by atoms with E-state index >= 15 is 0 Å². The van der Waals surface area contributed by atoms with E-state index in [0.29, 0.717) is 0 Å². The number of fused-ring (bicyclic) bond motifs is 15. The molecule has 11 aromatic rings. The van der Waals surface area contributed by atoms with Crippen LogP contribution in [0.2, 0.25) is 0 Å². The van der Waals surface area contributed by atoms with Gasteiger partial charge in [0.2, 0.25) is 0 Å². The summed E-state index contributed by atoms with van der Waals surface area (Å²) < 4.78 is 11.9. The second kappa shape index (κ2) is 12.5. The van der Waals surface area contributed by atoms with Gasteiger partial charge in [-0.15, -0.1) is 22.7 Å². The van der Waals surface area contributed by atoms with Gasteiger partial charge in [-0.05, 0) is 82.9 Å². The van der Waals surface area contributed by atoms with Crippen molar-refractivity contribution in [2.24, 2.45) is 0 Å². The van der Waals surface area contributed by atoms with Crippen LogP contribution in [-0.4, -0.2) is 0 Å². The van der Waals surface area contributed by atoms with Gasteiger partial charge in [0.15, 0.2) is 0 Å². The Morgan fingerprint density at radius 3 is 1.76 bits per heavy atom. The molecule has 13 rings (SSSR count). The molecule has 3 heterocycles. The molecule has 2 aromatic heterocycles. The molecule has 0 N–H and O–H groups in total. The van der Waals surface area contributed by atoms with E-state index in [1.54, 1.807) is 0 Å². The van der Waals surface area contributed by atoms with E-state index < -0.39 is 5.41 Å². The molecule has 276 valence electrons. The minimum atomic E-state index is -0.574. The van der Waals surface area contributed by atoms with Crippen LogP contribution >= 0.6 is 22.7 Å². The lowest BCUT2D eigenvalue weighted by Crippen LogP contribution is -2.32. The summed E-state index contributed by atoms with van der Waals surface area (Å²) in [7, 11) is 0. The largest absolute Gasteiger partial charge is 0.457 e. The molecule has 0 bridgehead atoms. The Labute approximate surface area is 349 Å². The Hall–Kier alpha value is -6.98. The molecule has 2 nitrogen and oxygen atoms in total. The first kappa shape index (κ1) is 33.0. The molecule has 4 heteroatoms. The molecule has 59 heavy (non-hydrogen) atoms. The average Bonchev–Trinajstić information content (AvgIpc) is 3.96. The standard InChI is InChI=1S/C55H33NOS2/c1-2-15-34(16-3-1)40-32-36(33-42-38-18-6-13-28-51(38)59-54(40)42)56(35-29-30-52-41(31-35)37-17-5-12-27-50(37)58-52)47-24-14-23-46-53(47)39-19-4-7-20-43(39)55(46)44-21-8-10-25-48(44)57-49-26-11-9-22-45(49)55/h1-33H. The quantitative estimate of drug-likeness (QED) is 0.176. The molecule has 1 spiro atoms. The molecule has 0 saturated heterocycles. The van der Waals surface area contributed by atoms with E-state index in [1.807, 2.05) is 22.7 Å². The van der Waals surface area contributed by atoms with E-state index in [-0.39, 0.29) is 0 Å². The zero-order valence-electron chi connectivity index (χ0n) is 31.7. The first-order valence-corrected chi connectivity index (χ1v) is 21.7. The minimum absolute atomic E-state index is 0.574. The molecule has 0 atom stereocenters. The predicted octanol–water partition coefficient (Wildman–Crippen LogP) is 16.0. The maximum Gasteiger partial charge on any atom is 0.132 e. The van der Waals surface area contributed by atoms with Crippen molar-refractivity contribution in [3.05, 3.63) is 222 Å². The third-order valence-electron chi connectivity index (χ3n) is 12.5. The van der Waals surface area contributed by atoms with Gasteiger partial charge in [0, 0.05) is 74.0 Å². The van der Waals surface area contributed by atoms with Gasteiger partial charge < -0.3 is 9.64 Å². The summed E-state index contributed by atoms with van der Waals surface area (Å²) in [4.78, 5) is 2.54. The van der Waals surface area contributed by atoms with Gasteiger partial charge in [0.25, 0.3) is 0 Å². The number of nitrogens with zero attached hydrogens (tertiary/aromatic N) is 1. The SMILES string of the molecule is c1ccc(-c2cc(N(c3ccc4sc5ccccc5c4c3)c3cccc4c3-c3ccccc3C43c4ccccc4Oc4ccccc43)cc3c2sc2ccccc23)cc1. The molecule has 2 aliphatic rings. The van der Waals surface area contributed by atoms with Crippen molar-refractivity contribution in [2.45, 2.75) is 5.41 Å². The van der Waals surface area contributed by atoms with Gasteiger partial charge in [-0.2, -0.15) is 0 Å². The molecule has 0 amide bonds. The van der Waals surface area contributed by atoms with Crippen LogP contribution in [0.1, 0.15) is 22.3 Å². The summed E-state index contributed by atoms with van der Waals surface area (Å²) in [5, 5.41) is 5.11. The van der Waals surface area contributed by atoms with Crippen LogP contribution in [0.5, 0.6) is 11.5 Å². The molecule has 0 radical (unpaired) electrons. The molecule has 0 unspecified atom stereocenters. The van der Waals surface area contributed by atoms with Crippen molar-refractivity contribution in [1.29, 1.82) is 0 Å². The fraction of sp³-hybridized carbons (Fsp3) is 0.0182. The van der Waals surface area contributed by atoms with E-state index in [2.05, 4.69) is 205 Å². The fourth-order valence-corrected chi connectivity index (χ4v) is 12.4.